The normalized spacial score (nSPS) is 14.4. The summed E-state index contributed by atoms with van der Waals surface area (Å²) >= 11 is 0. The van der Waals surface area contributed by atoms with Crippen molar-refractivity contribution in [2.45, 2.75) is 25.3 Å². The summed E-state index contributed by atoms with van der Waals surface area (Å²) in [5.74, 6) is 0.252. The average Bonchev–Trinajstić information content (AvgIpc) is 3.58. The van der Waals surface area contributed by atoms with Crippen molar-refractivity contribution in [2.24, 2.45) is 0 Å². The average molecular weight is 479 g/mol. The summed E-state index contributed by atoms with van der Waals surface area (Å²) in [4.78, 5) is 31.8. The van der Waals surface area contributed by atoms with Gasteiger partial charge in [-0.15, -0.1) is 0 Å². The number of hydrogen-bond donors (Lipinski definition) is 1. The molecule has 36 heavy (non-hydrogen) atoms. The Morgan fingerprint density at radius 2 is 1.78 bits per heavy atom. The highest BCUT2D eigenvalue weighted by Crippen LogP contribution is 2.29. The van der Waals surface area contributed by atoms with Gasteiger partial charge in [-0.1, -0.05) is 18.2 Å². The fraction of sp³-hybridized carbons (Fsp3) is 0.214. The number of nitrogens with one attached hydrogen (secondary N) is 1. The first-order valence-corrected chi connectivity index (χ1v) is 12.2. The molecule has 0 spiro atoms. The first-order valence-electron chi connectivity index (χ1n) is 12.2. The van der Waals surface area contributed by atoms with Gasteiger partial charge in [-0.25, -0.2) is 9.50 Å². The van der Waals surface area contributed by atoms with Gasteiger partial charge in [0.1, 0.15) is 5.65 Å². The van der Waals surface area contributed by atoms with Crippen LogP contribution in [0.15, 0.2) is 85.5 Å². The summed E-state index contributed by atoms with van der Waals surface area (Å²) < 4.78 is 3.67. The van der Waals surface area contributed by atoms with E-state index < -0.39 is 0 Å². The smallest absolute Gasteiger partial charge is 0.274 e. The van der Waals surface area contributed by atoms with Gasteiger partial charge in [-0.2, -0.15) is 5.10 Å². The number of benzene rings is 1. The van der Waals surface area contributed by atoms with Crippen molar-refractivity contribution < 1.29 is 9.59 Å². The molecule has 0 atom stereocenters. The number of piperidine rings is 1. The Labute approximate surface area is 208 Å². The Hall–Kier alpha value is -4.46. The summed E-state index contributed by atoms with van der Waals surface area (Å²) in [5.41, 5.74) is 5.11. The van der Waals surface area contributed by atoms with Crippen molar-refractivity contribution in [2.75, 3.05) is 13.1 Å². The van der Waals surface area contributed by atoms with E-state index in [1.807, 2.05) is 88.6 Å². The molecule has 1 aromatic carbocycles. The SMILES string of the molecule is O=C(NCc1ccn2ccnc2c1)c1ccc(C2CCN(C(=O)c3cc4ccccn4n3)CC2)cc1. The lowest BCUT2D eigenvalue weighted by molar-refractivity contribution is 0.0706. The molecule has 180 valence electrons. The van der Waals surface area contributed by atoms with Crippen LogP contribution in [0.2, 0.25) is 0 Å². The molecule has 0 radical (unpaired) electrons. The molecule has 5 heterocycles. The molecule has 1 N–H and O–H groups in total. The largest absolute Gasteiger partial charge is 0.348 e. The third-order valence-corrected chi connectivity index (χ3v) is 6.93. The zero-order chi connectivity index (χ0) is 24.5. The Balaban J connectivity index is 1.04. The number of amides is 2. The first-order chi connectivity index (χ1) is 17.6. The quantitative estimate of drug-likeness (QED) is 0.415. The maximum atomic E-state index is 12.9. The maximum absolute atomic E-state index is 12.9. The second-order valence-electron chi connectivity index (χ2n) is 9.20. The van der Waals surface area contributed by atoms with E-state index in [9.17, 15) is 9.59 Å². The lowest BCUT2D eigenvalue weighted by atomic mass is 9.89. The number of carbonyl (C=O) groups is 2. The number of rotatable bonds is 5. The van der Waals surface area contributed by atoms with Gasteiger partial charge in [0.15, 0.2) is 5.69 Å². The predicted octanol–water partition coefficient (Wildman–Crippen LogP) is 3.93. The molecule has 5 aromatic rings. The Kier molecular flexibility index (Phi) is 5.69. The van der Waals surface area contributed by atoms with Crippen LogP contribution < -0.4 is 5.32 Å². The topological polar surface area (TPSA) is 84.0 Å². The van der Waals surface area contributed by atoms with Crippen molar-refractivity contribution >= 4 is 23.0 Å². The van der Waals surface area contributed by atoms with Crippen molar-refractivity contribution in [3.8, 4) is 0 Å². The second-order valence-corrected chi connectivity index (χ2v) is 9.20. The van der Waals surface area contributed by atoms with Crippen LogP contribution in [0.4, 0.5) is 0 Å². The van der Waals surface area contributed by atoms with E-state index in [4.69, 9.17) is 0 Å². The first kappa shape index (κ1) is 22.0. The van der Waals surface area contributed by atoms with E-state index in [1.165, 1.54) is 5.56 Å². The molecule has 4 aromatic heterocycles. The molecule has 8 nitrogen and oxygen atoms in total. The van der Waals surface area contributed by atoms with Crippen LogP contribution in [-0.4, -0.2) is 48.8 Å². The molecule has 8 heteroatoms. The van der Waals surface area contributed by atoms with E-state index >= 15 is 0 Å². The van der Waals surface area contributed by atoms with Crippen molar-refractivity contribution in [3.63, 3.8) is 0 Å². The van der Waals surface area contributed by atoms with Crippen LogP contribution >= 0.6 is 0 Å². The van der Waals surface area contributed by atoms with Gasteiger partial charge in [-0.05, 0) is 72.4 Å². The van der Waals surface area contributed by atoms with Gasteiger partial charge in [0.25, 0.3) is 11.8 Å². The molecule has 1 aliphatic heterocycles. The standard InChI is InChI=1S/C28H26N6O2/c35-27(30-19-20-8-13-32-16-11-29-26(32)17-20)23-6-4-21(5-7-23)22-9-14-33(15-10-22)28(36)25-18-24-3-1-2-12-34(24)31-25/h1-8,11-13,16-18,22H,9-10,14-15,19H2,(H,30,35). The minimum absolute atomic E-state index is 0.0175. The van der Waals surface area contributed by atoms with Gasteiger partial charge in [0.2, 0.25) is 0 Å². The van der Waals surface area contributed by atoms with E-state index in [2.05, 4.69) is 15.4 Å². The van der Waals surface area contributed by atoms with E-state index in [1.54, 1.807) is 10.7 Å². The van der Waals surface area contributed by atoms with Crippen LogP contribution in [0.1, 0.15) is 50.7 Å². The highest BCUT2D eigenvalue weighted by molar-refractivity contribution is 5.94. The maximum Gasteiger partial charge on any atom is 0.274 e. The van der Waals surface area contributed by atoms with E-state index in [0.29, 0.717) is 36.8 Å². The molecule has 1 saturated heterocycles. The zero-order valence-electron chi connectivity index (χ0n) is 19.7. The molecule has 6 rings (SSSR count). The number of imidazole rings is 1. The second kappa shape index (κ2) is 9.30. The molecule has 0 unspecified atom stereocenters. The molecule has 0 saturated carbocycles. The third kappa shape index (κ3) is 4.33. The number of likely N-dealkylation sites (tertiary alicyclic amines) is 1. The zero-order valence-corrected chi connectivity index (χ0v) is 19.7. The third-order valence-electron chi connectivity index (χ3n) is 6.93. The Bertz CT molecular complexity index is 1510. The summed E-state index contributed by atoms with van der Waals surface area (Å²) in [6.45, 7) is 1.84. The van der Waals surface area contributed by atoms with Crippen LogP contribution in [0, 0.1) is 0 Å². The van der Waals surface area contributed by atoms with Crippen LogP contribution in [0.3, 0.4) is 0 Å². The predicted molar refractivity (Wildman–Crippen MR) is 136 cm³/mol. The van der Waals surface area contributed by atoms with Gasteiger partial charge in [-0.3, -0.25) is 9.59 Å². The lowest BCUT2D eigenvalue weighted by Crippen LogP contribution is -2.38. The molecule has 0 aliphatic carbocycles. The summed E-state index contributed by atoms with van der Waals surface area (Å²) in [5, 5.41) is 7.41. The number of carbonyl (C=O) groups excluding carboxylic acids is 2. The Morgan fingerprint density at radius 3 is 2.58 bits per heavy atom. The summed E-state index contributed by atoms with van der Waals surface area (Å²) in [6.07, 6.45) is 9.21. The van der Waals surface area contributed by atoms with Crippen molar-refractivity contribution in [1.82, 2.24) is 29.2 Å². The van der Waals surface area contributed by atoms with Crippen molar-refractivity contribution in [1.29, 1.82) is 0 Å². The number of aromatic nitrogens is 4. The highest BCUT2D eigenvalue weighted by atomic mass is 16.2. The van der Waals surface area contributed by atoms with Gasteiger partial charge in [0, 0.05) is 50.0 Å². The summed E-state index contributed by atoms with van der Waals surface area (Å²) in [7, 11) is 0. The molecule has 0 bridgehead atoms. The number of nitrogens with zero attached hydrogens (tertiary/aromatic N) is 5. The lowest BCUT2D eigenvalue weighted by Gasteiger charge is -2.31. The number of pyridine rings is 2. The fourth-order valence-corrected chi connectivity index (χ4v) is 4.87. The fourth-order valence-electron chi connectivity index (χ4n) is 4.87. The van der Waals surface area contributed by atoms with Gasteiger partial charge >= 0.3 is 0 Å². The minimum Gasteiger partial charge on any atom is -0.348 e. The monoisotopic (exact) mass is 478 g/mol. The Morgan fingerprint density at radius 1 is 0.944 bits per heavy atom. The summed E-state index contributed by atoms with van der Waals surface area (Å²) in [6, 6.07) is 19.4. The van der Waals surface area contributed by atoms with Crippen LogP contribution in [-0.2, 0) is 6.54 Å². The minimum atomic E-state index is -0.0994. The number of fused-ring (bicyclic) bond motifs is 2. The van der Waals surface area contributed by atoms with E-state index in [0.717, 1.165) is 29.6 Å². The van der Waals surface area contributed by atoms with Crippen LogP contribution in [0.5, 0.6) is 0 Å². The van der Waals surface area contributed by atoms with Crippen molar-refractivity contribution in [3.05, 3.63) is 108 Å². The molecular weight excluding hydrogens is 452 g/mol. The van der Waals surface area contributed by atoms with Gasteiger partial charge in [0.05, 0.1) is 5.52 Å². The van der Waals surface area contributed by atoms with Gasteiger partial charge < -0.3 is 14.6 Å². The molecular formula is C28H26N6O2. The van der Waals surface area contributed by atoms with E-state index in [-0.39, 0.29) is 11.8 Å². The molecule has 2 amide bonds. The number of hydrogen-bond acceptors (Lipinski definition) is 4. The van der Waals surface area contributed by atoms with Crippen LogP contribution in [0.25, 0.3) is 11.2 Å². The molecule has 1 fully saturated rings. The molecule has 1 aliphatic rings. The highest BCUT2D eigenvalue weighted by Gasteiger charge is 2.26.